The standard InChI is InChI=1S/2C13H27P.Pd/c2*1-11(2)9-10-14(12(3,4)5)13(6,7)8;/h2*9H,10H2,1-8H3;. The van der Waals surface area contributed by atoms with Gasteiger partial charge in [-0.05, 0) is 60.6 Å². The van der Waals surface area contributed by atoms with Crippen LogP contribution in [-0.2, 0) is 20.4 Å². The largest absolute Gasteiger partial charge is 0.0918 e. The SMILES string of the molecule is CC(C)=CCP(C(C)(C)C)C(C)(C)C.CC(C)=CCP(C(C)(C)C)C(C)(C)C.[Pd]. The Balaban J connectivity index is -0.000000451. The molecule has 0 aliphatic heterocycles. The average molecular weight is 535 g/mol. The first-order valence-corrected chi connectivity index (χ1v) is 14.0. The topological polar surface area (TPSA) is 0 Å². The van der Waals surface area contributed by atoms with E-state index in [4.69, 9.17) is 0 Å². The van der Waals surface area contributed by atoms with Crippen molar-refractivity contribution in [2.24, 2.45) is 0 Å². The van der Waals surface area contributed by atoms with Crippen molar-refractivity contribution in [1.29, 1.82) is 0 Å². The second kappa shape index (κ2) is 13.5. The minimum atomic E-state index is 0. The van der Waals surface area contributed by atoms with Crippen molar-refractivity contribution in [1.82, 2.24) is 0 Å². The zero-order valence-corrected chi connectivity index (χ0v) is 26.1. The van der Waals surface area contributed by atoms with Gasteiger partial charge in [-0.2, -0.15) is 0 Å². The molecule has 0 atom stereocenters. The maximum Gasteiger partial charge on any atom is 0 e. The summed E-state index contributed by atoms with van der Waals surface area (Å²) in [6.45, 7) is 37.3. The smallest absolute Gasteiger partial charge is 0 e. The zero-order valence-electron chi connectivity index (χ0n) is 22.8. The molecule has 0 radical (unpaired) electrons. The van der Waals surface area contributed by atoms with Gasteiger partial charge in [0.05, 0.1) is 0 Å². The molecule has 0 bridgehead atoms. The average Bonchev–Trinajstić information content (AvgIpc) is 2.31. The van der Waals surface area contributed by atoms with Gasteiger partial charge in [-0.25, -0.2) is 0 Å². The van der Waals surface area contributed by atoms with Gasteiger partial charge >= 0.3 is 0 Å². The molecule has 0 rings (SSSR count). The van der Waals surface area contributed by atoms with E-state index in [9.17, 15) is 0 Å². The molecular weight excluding hydrogens is 481 g/mol. The minimum absolute atomic E-state index is 0. The van der Waals surface area contributed by atoms with Crippen molar-refractivity contribution in [3.05, 3.63) is 23.3 Å². The number of rotatable bonds is 4. The van der Waals surface area contributed by atoms with Crippen molar-refractivity contribution < 1.29 is 20.4 Å². The van der Waals surface area contributed by atoms with Gasteiger partial charge in [0.15, 0.2) is 0 Å². The van der Waals surface area contributed by atoms with Gasteiger partial charge in [-0.3, -0.25) is 0 Å². The predicted molar refractivity (Wildman–Crippen MR) is 141 cm³/mol. The van der Waals surface area contributed by atoms with Gasteiger partial charge in [0.2, 0.25) is 0 Å². The molecule has 0 nitrogen and oxygen atoms in total. The van der Waals surface area contributed by atoms with E-state index in [2.05, 4.69) is 123 Å². The summed E-state index contributed by atoms with van der Waals surface area (Å²) in [5, 5.41) is 1.83. The van der Waals surface area contributed by atoms with Crippen LogP contribution in [0.15, 0.2) is 23.3 Å². The molecule has 3 heteroatoms. The van der Waals surface area contributed by atoms with Gasteiger partial charge < -0.3 is 0 Å². The molecule has 0 amide bonds. The Bertz CT molecular complexity index is 419. The van der Waals surface area contributed by atoms with E-state index in [-0.39, 0.29) is 36.3 Å². The molecule has 0 saturated heterocycles. The first-order chi connectivity index (χ1) is 12.1. The molecular formula is C26H54P2Pd. The van der Waals surface area contributed by atoms with Crippen LogP contribution in [0.25, 0.3) is 0 Å². The molecule has 0 N–H and O–H groups in total. The van der Waals surface area contributed by atoms with Crippen molar-refractivity contribution in [3.8, 4) is 0 Å². The molecule has 0 aromatic heterocycles. The van der Waals surface area contributed by atoms with Crippen LogP contribution in [0.4, 0.5) is 0 Å². The van der Waals surface area contributed by atoms with Gasteiger partial charge in [0, 0.05) is 20.4 Å². The maximum atomic E-state index is 2.40. The van der Waals surface area contributed by atoms with E-state index >= 15 is 0 Å². The molecule has 178 valence electrons. The summed E-state index contributed by atoms with van der Waals surface area (Å²) in [6.07, 6.45) is 7.35. The molecule has 0 aliphatic rings. The van der Waals surface area contributed by atoms with Crippen LogP contribution in [-0.4, -0.2) is 32.9 Å². The summed E-state index contributed by atoms with van der Waals surface area (Å²) in [7, 11) is 0.0967. The van der Waals surface area contributed by atoms with E-state index in [1.807, 2.05) is 0 Å². The minimum Gasteiger partial charge on any atom is -0.0918 e. The number of hydrogen-bond donors (Lipinski definition) is 0. The molecule has 0 saturated carbocycles. The first kappa shape index (κ1) is 34.6. The van der Waals surface area contributed by atoms with Crippen molar-refractivity contribution in [2.45, 2.75) is 131 Å². The molecule has 0 unspecified atom stereocenters. The van der Waals surface area contributed by atoms with Crippen LogP contribution < -0.4 is 0 Å². The second-order valence-corrected chi connectivity index (χ2v) is 20.3. The third-order valence-corrected chi connectivity index (χ3v) is 12.2. The zero-order chi connectivity index (χ0) is 23.1. The van der Waals surface area contributed by atoms with Crippen LogP contribution >= 0.6 is 15.8 Å². The summed E-state index contributed by atoms with van der Waals surface area (Å²) in [5.41, 5.74) is 2.90. The Morgan fingerprint density at radius 1 is 0.483 bits per heavy atom. The van der Waals surface area contributed by atoms with Crippen LogP contribution in [0.5, 0.6) is 0 Å². The fraction of sp³-hybridized carbons (Fsp3) is 0.846. The quantitative estimate of drug-likeness (QED) is 0.191. The van der Waals surface area contributed by atoms with Gasteiger partial charge in [-0.1, -0.05) is 122 Å². The fourth-order valence-corrected chi connectivity index (χ4v) is 11.0. The summed E-state index contributed by atoms with van der Waals surface area (Å²) < 4.78 is 0. The third kappa shape index (κ3) is 17.3. The molecule has 0 heterocycles. The van der Waals surface area contributed by atoms with E-state index < -0.39 is 0 Å². The summed E-state index contributed by atoms with van der Waals surface area (Å²) >= 11 is 0. The molecule has 0 aromatic carbocycles. The van der Waals surface area contributed by atoms with Crippen molar-refractivity contribution >= 4 is 15.8 Å². The number of allylic oxidation sites excluding steroid dienone is 4. The molecule has 0 aliphatic carbocycles. The predicted octanol–water partition coefficient (Wildman–Crippen LogP) is 10.1. The summed E-state index contributed by atoms with van der Waals surface area (Å²) in [6, 6.07) is 0. The van der Waals surface area contributed by atoms with Crippen LogP contribution in [0.1, 0.15) is 111 Å². The molecule has 0 spiro atoms. The van der Waals surface area contributed by atoms with E-state index in [1.165, 1.54) is 23.5 Å². The maximum absolute atomic E-state index is 2.40. The fourth-order valence-electron chi connectivity index (χ4n) is 3.66. The Labute approximate surface area is 202 Å². The van der Waals surface area contributed by atoms with Gasteiger partial charge in [0.1, 0.15) is 0 Å². The van der Waals surface area contributed by atoms with Crippen LogP contribution in [0.3, 0.4) is 0 Å². The van der Waals surface area contributed by atoms with E-state index in [0.29, 0.717) is 20.6 Å². The van der Waals surface area contributed by atoms with E-state index in [0.717, 1.165) is 0 Å². The second-order valence-electron chi connectivity index (χ2n) is 12.5. The third-order valence-electron chi connectivity index (χ3n) is 4.60. The van der Waals surface area contributed by atoms with Gasteiger partial charge in [0.25, 0.3) is 0 Å². The first-order valence-electron chi connectivity index (χ1n) is 10.9. The van der Waals surface area contributed by atoms with Crippen LogP contribution in [0.2, 0.25) is 0 Å². The number of hydrogen-bond acceptors (Lipinski definition) is 0. The van der Waals surface area contributed by atoms with Crippen LogP contribution in [0, 0.1) is 0 Å². The van der Waals surface area contributed by atoms with E-state index in [1.54, 1.807) is 0 Å². The Morgan fingerprint density at radius 3 is 0.759 bits per heavy atom. The monoisotopic (exact) mass is 534 g/mol. The Morgan fingerprint density at radius 2 is 0.655 bits per heavy atom. The van der Waals surface area contributed by atoms with Crippen molar-refractivity contribution in [3.63, 3.8) is 0 Å². The summed E-state index contributed by atoms with van der Waals surface area (Å²) in [5.74, 6) is 0. The molecule has 0 aromatic rings. The summed E-state index contributed by atoms with van der Waals surface area (Å²) in [4.78, 5) is 0. The van der Waals surface area contributed by atoms with Crippen molar-refractivity contribution in [2.75, 3.05) is 12.3 Å². The molecule has 29 heavy (non-hydrogen) atoms. The normalized spacial score (nSPS) is 12.8. The Kier molecular flexibility index (Phi) is 16.1. The Hall–Kier alpha value is 1.00. The molecule has 0 fully saturated rings. The van der Waals surface area contributed by atoms with Gasteiger partial charge in [-0.15, -0.1) is 0 Å².